The SMILES string of the molecule is COc1ccc(NC(=O)COc2ccc3ccccc3c2Br)cc1Cl. The molecule has 0 radical (unpaired) electrons. The number of fused-ring (bicyclic) bond motifs is 1. The summed E-state index contributed by atoms with van der Waals surface area (Å²) < 4.78 is 11.5. The Labute approximate surface area is 158 Å². The van der Waals surface area contributed by atoms with Crippen molar-refractivity contribution in [1.29, 1.82) is 0 Å². The van der Waals surface area contributed by atoms with Gasteiger partial charge in [0.2, 0.25) is 0 Å². The Hall–Kier alpha value is -2.24. The van der Waals surface area contributed by atoms with Gasteiger partial charge < -0.3 is 14.8 Å². The lowest BCUT2D eigenvalue weighted by molar-refractivity contribution is -0.118. The second-order valence-corrected chi connectivity index (χ2v) is 6.49. The van der Waals surface area contributed by atoms with Crippen LogP contribution in [0.25, 0.3) is 10.8 Å². The van der Waals surface area contributed by atoms with E-state index in [9.17, 15) is 4.79 Å². The molecule has 0 aliphatic rings. The highest BCUT2D eigenvalue weighted by atomic mass is 79.9. The number of hydrogen-bond acceptors (Lipinski definition) is 3. The van der Waals surface area contributed by atoms with E-state index in [4.69, 9.17) is 21.1 Å². The Morgan fingerprint density at radius 1 is 1.12 bits per heavy atom. The molecular formula is C19H15BrClNO3. The van der Waals surface area contributed by atoms with Gasteiger partial charge in [0.15, 0.2) is 6.61 Å². The van der Waals surface area contributed by atoms with Crippen molar-refractivity contribution < 1.29 is 14.3 Å². The number of rotatable bonds is 5. The second kappa shape index (κ2) is 7.76. The van der Waals surface area contributed by atoms with Gasteiger partial charge >= 0.3 is 0 Å². The fourth-order valence-electron chi connectivity index (χ4n) is 2.41. The van der Waals surface area contributed by atoms with Crippen LogP contribution in [0.2, 0.25) is 5.02 Å². The fourth-order valence-corrected chi connectivity index (χ4v) is 3.27. The standard InChI is InChI=1S/C19H15BrClNO3/c1-24-16-9-7-13(10-15(16)21)22-18(23)11-25-17-8-6-12-4-2-3-5-14(12)19(17)20/h2-10H,11H2,1H3,(H,22,23). The molecule has 4 nitrogen and oxygen atoms in total. The summed E-state index contributed by atoms with van der Waals surface area (Å²) in [5, 5.41) is 5.30. The minimum atomic E-state index is -0.277. The molecule has 0 heterocycles. The third kappa shape index (κ3) is 4.06. The maximum Gasteiger partial charge on any atom is 0.262 e. The van der Waals surface area contributed by atoms with Gasteiger partial charge in [-0.3, -0.25) is 4.79 Å². The van der Waals surface area contributed by atoms with Gasteiger partial charge in [0, 0.05) is 5.69 Å². The number of carbonyl (C=O) groups excluding carboxylic acids is 1. The van der Waals surface area contributed by atoms with E-state index in [1.807, 2.05) is 36.4 Å². The first kappa shape index (κ1) is 17.6. The predicted molar refractivity (Wildman–Crippen MR) is 104 cm³/mol. The average Bonchev–Trinajstić information content (AvgIpc) is 2.61. The summed E-state index contributed by atoms with van der Waals surface area (Å²) in [7, 11) is 1.54. The van der Waals surface area contributed by atoms with E-state index in [0.717, 1.165) is 15.2 Å². The van der Waals surface area contributed by atoms with Crippen LogP contribution >= 0.6 is 27.5 Å². The highest BCUT2D eigenvalue weighted by Gasteiger charge is 2.10. The van der Waals surface area contributed by atoms with Crippen LogP contribution < -0.4 is 14.8 Å². The van der Waals surface area contributed by atoms with Gasteiger partial charge in [0.25, 0.3) is 5.91 Å². The van der Waals surface area contributed by atoms with Crippen molar-refractivity contribution in [3.8, 4) is 11.5 Å². The molecule has 1 N–H and O–H groups in total. The summed E-state index contributed by atoms with van der Waals surface area (Å²) in [6.07, 6.45) is 0. The predicted octanol–water partition coefficient (Wildman–Crippen LogP) is 5.28. The molecule has 6 heteroatoms. The summed E-state index contributed by atoms with van der Waals surface area (Å²) in [6.45, 7) is -0.111. The van der Waals surface area contributed by atoms with Crippen molar-refractivity contribution in [3.63, 3.8) is 0 Å². The smallest absolute Gasteiger partial charge is 0.262 e. The Morgan fingerprint density at radius 3 is 2.64 bits per heavy atom. The molecule has 0 atom stereocenters. The number of carbonyl (C=O) groups is 1. The minimum absolute atomic E-state index is 0.111. The zero-order chi connectivity index (χ0) is 17.8. The van der Waals surface area contributed by atoms with Crippen LogP contribution in [0.3, 0.4) is 0 Å². The van der Waals surface area contributed by atoms with Crippen LogP contribution in [0.1, 0.15) is 0 Å². The van der Waals surface area contributed by atoms with Gasteiger partial charge in [-0.25, -0.2) is 0 Å². The number of benzene rings is 3. The van der Waals surface area contributed by atoms with Gasteiger partial charge in [-0.15, -0.1) is 0 Å². The molecule has 0 fully saturated rings. The van der Waals surface area contributed by atoms with Crippen molar-refractivity contribution in [1.82, 2.24) is 0 Å². The number of methoxy groups -OCH3 is 1. The van der Waals surface area contributed by atoms with Crippen LogP contribution in [0, 0.1) is 0 Å². The third-order valence-electron chi connectivity index (χ3n) is 3.62. The van der Waals surface area contributed by atoms with Crippen molar-refractivity contribution in [3.05, 3.63) is 64.1 Å². The number of anilines is 1. The highest BCUT2D eigenvalue weighted by Crippen LogP contribution is 2.33. The van der Waals surface area contributed by atoms with Crippen LogP contribution in [0.4, 0.5) is 5.69 Å². The van der Waals surface area contributed by atoms with Crippen molar-refractivity contribution in [2.24, 2.45) is 0 Å². The lowest BCUT2D eigenvalue weighted by Crippen LogP contribution is -2.20. The molecule has 3 rings (SSSR count). The number of hydrogen-bond donors (Lipinski definition) is 1. The summed E-state index contributed by atoms with van der Waals surface area (Å²) in [5.74, 6) is 0.888. The van der Waals surface area contributed by atoms with Gasteiger partial charge in [-0.1, -0.05) is 41.9 Å². The normalized spacial score (nSPS) is 10.5. The summed E-state index contributed by atoms with van der Waals surface area (Å²) in [6, 6.07) is 16.8. The summed E-state index contributed by atoms with van der Waals surface area (Å²) >= 11 is 9.58. The molecular weight excluding hydrogens is 406 g/mol. The molecule has 0 aliphatic heterocycles. The van der Waals surface area contributed by atoms with Gasteiger partial charge in [0.1, 0.15) is 11.5 Å². The number of amides is 1. The molecule has 0 saturated heterocycles. The zero-order valence-corrected chi connectivity index (χ0v) is 15.7. The monoisotopic (exact) mass is 419 g/mol. The molecule has 0 unspecified atom stereocenters. The maximum atomic E-state index is 12.1. The van der Waals surface area contributed by atoms with E-state index >= 15 is 0 Å². The molecule has 0 aliphatic carbocycles. The Kier molecular flexibility index (Phi) is 5.46. The zero-order valence-electron chi connectivity index (χ0n) is 13.4. The minimum Gasteiger partial charge on any atom is -0.495 e. The first-order valence-corrected chi connectivity index (χ1v) is 8.69. The summed E-state index contributed by atoms with van der Waals surface area (Å²) in [4.78, 5) is 12.1. The number of ether oxygens (including phenoxy) is 2. The second-order valence-electron chi connectivity index (χ2n) is 5.28. The van der Waals surface area contributed by atoms with E-state index in [1.165, 1.54) is 7.11 Å². The summed E-state index contributed by atoms with van der Waals surface area (Å²) in [5.41, 5.74) is 0.581. The van der Waals surface area contributed by atoms with E-state index in [0.29, 0.717) is 22.2 Å². The first-order chi connectivity index (χ1) is 12.1. The third-order valence-corrected chi connectivity index (χ3v) is 4.74. The van der Waals surface area contributed by atoms with Gasteiger partial charge in [-0.2, -0.15) is 0 Å². The molecule has 3 aromatic rings. The Balaban J connectivity index is 1.66. The van der Waals surface area contributed by atoms with Crippen molar-refractivity contribution >= 4 is 49.9 Å². The Bertz CT molecular complexity index is 930. The van der Waals surface area contributed by atoms with E-state index in [1.54, 1.807) is 18.2 Å². The molecule has 3 aromatic carbocycles. The Morgan fingerprint density at radius 2 is 1.88 bits per heavy atom. The average molecular weight is 421 g/mol. The molecule has 128 valence electrons. The van der Waals surface area contributed by atoms with Crippen molar-refractivity contribution in [2.45, 2.75) is 0 Å². The number of halogens is 2. The van der Waals surface area contributed by atoms with Crippen molar-refractivity contribution in [2.75, 3.05) is 19.0 Å². The molecule has 0 aromatic heterocycles. The van der Waals surface area contributed by atoms with Gasteiger partial charge in [-0.05, 0) is 51.0 Å². The topological polar surface area (TPSA) is 47.6 Å². The van der Waals surface area contributed by atoms with Crippen LogP contribution in [-0.2, 0) is 4.79 Å². The quantitative estimate of drug-likeness (QED) is 0.611. The molecule has 1 amide bonds. The van der Waals surface area contributed by atoms with Gasteiger partial charge in [0.05, 0.1) is 16.6 Å². The lowest BCUT2D eigenvalue weighted by atomic mass is 10.1. The largest absolute Gasteiger partial charge is 0.495 e. The lowest BCUT2D eigenvalue weighted by Gasteiger charge is -2.11. The fraction of sp³-hybridized carbons (Fsp3) is 0.105. The van der Waals surface area contributed by atoms with Crippen LogP contribution in [0.15, 0.2) is 59.1 Å². The molecule has 0 spiro atoms. The van der Waals surface area contributed by atoms with E-state index in [2.05, 4.69) is 21.2 Å². The molecule has 25 heavy (non-hydrogen) atoms. The van der Waals surface area contributed by atoms with Crippen LogP contribution in [0.5, 0.6) is 11.5 Å². The molecule has 0 bridgehead atoms. The highest BCUT2D eigenvalue weighted by molar-refractivity contribution is 9.10. The molecule has 0 saturated carbocycles. The van der Waals surface area contributed by atoms with E-state index < -0.39 is 0 Å². The van der Waals surface area contributed by atoms with Crippen LogP contribution in [-0.4, -0.2) is 19.6 Å². The first-order valence-electron chi connectivity index (χ1n) is 7.52. The van der Waals surface area contributed by atoms with E-state index in [-0.39, 0.29) is 12.5 Å². The maximum absolute atomic E-state index is 12.1. The number of nitrogens with one attached hydrogen (secondary N) is 1.